The van der Waals surface area contributed by atoms with Crippen molar-refractivity contribution >= 4 is 11.9 Å². The molecule has 0 radical (unpaired) electrons. The molecule has 2 unspecified atom stereocenters. The molecule has 1 aliphatic carbocycles. The Balaban J connectivity index is 1.47. The summed E-state index contributed by atoms with van der Waals surface area (Å²) in [4.78, 5) is 17.8. The zero-order valence-electron chi connectivity index (χ0n) is 15.0. The SMILES string of the molecule is CN=C(NCC1CCCC(C)C1)N1CCN(c2ncccn2)CC1. The van der Waals surface area contributed by atoms with Crippen LogP contribution < -0.4 is 10.2 Å². The van der Waals surface area contributed by atoms with Gasteiger partial charge in [-0.2, -0.15) is 0 Å². The van der Waals surface area contributed by atoms with Crippen molar-refractivity contribution in [3.05, 3.63) is 18.5 Å². The maximum absolute atomic E-state index is 4.49. The van der Waals surface area contributed by atoms with Crippen LogP contribution in [0.1, 0.15) is 32.6 Å². The molecule has 2 fully saturated rings. The van der Waals surface area contributed by atoms with Gasteiger partial charge in [0.2, 0.25) is 5.95 Å². The van der Waals surface area contributed by atoms with E-state index in [2.05, 4.69) is 37.0 Å². The van der Waals surface area contributed by atoms with E-state index in [1.165, 1.54) is 25.7 Å². The summed E-state index contributed by atoms with van der Waals surface area (Å²) in [7, 11) is 1.89. The minimum absolute atomic E-state index is 0.796. The number of aliphatic imine (C=N–C) groups is 1. The first kappa shape index (κ1) is 17.0. The fourth-order valence-electron chi connectivity index (χ4n) is 3.89. The Morgan fingerprint density at radius 3 is 2.62 bits per heavy atom. The van der Waals surface area contributed by atoms with E-state index in [-0.39, 0.29) is 0 Å². The van der Waals surface area contributed by atoms with Crippen LogP contribution in [0.4, 0.5) is 5.95 Å². The molecule has 2 aliphatic rings. The van der Waals surface area contributed by atoms with Gasteiger partial charge in [-0.05, 0) is 30.7 Å². The predicted octanol–water partition coefficient (Wildman–Crippen LogP) is 2.00. The van der Waals surface area contributed by atoms with Crippen LogP contribution in [0.2, 0.25) is 0 Å². The summed E-state index contributed by atoms with van der Waals surface area (Å²) in [6.45, 7) is 7.22. The number of anilines is 1. The van der Waals surface area contributed by atoms with Gasteiger partial charge in [0.15, 0.2) is 5.96 Å². The highest BCUT2D eigenvalue weighted by atomic mass is 15.4. The molecule has 1 saturated carbocycles. The number of hydrogen-bond donors (Lipinski definition) is 1. The number of nitrogens with zero attached hydrogens (tertiary/aromatic N) is 5. The standard InChI is InChI=1S/C18H30N6/c1-15-5-3-6-16(13-15)14-22-17(19-2)23-9-11-24(12-10-23)18-20-7-4-8-21-18/h4,7-8,15-16H,3,5-6,9-14H2,1-2H3,(H,19,22). The van der Waals surface area contributed by atoms with Crippen molar-refractivity contribution in [2.75, 3.05) is 44.7 Å². The van der Waals surface area contributed by atoms with Gasteiger partial charge in [0.25, 0.3) is 0 Å². The Hall–Kier alpha value is -1.85. The van der Waals surface area contributed by atoms with Crippen molar-refractivity contribution in [2.24, 2.45) is 16.8 Å². The Kier molecular flexibility index (Phi) is 5.88. The van der Waals surface area contributed by atoms with Crippen LogP contribution in [-0.2, 0) is 0 Å². The van der Waals surface area contributed by atoms with Crippen molar-refractivity contribution in [1.29, 1.82) is 0 Å². The van der Waals surface area contributed by atoms with E-state index in [4.69, 9.17) is 0 Å². The molecule has 132 valence electrons. The fourth-order valence-corrected chi connectivity index (χ4v) is 3.89. The second-order valence-electron chi connectivity index (χ2n) is 7.09. The molecule has 0 amide bonds. The maximum Gasteiger partial charge on any atom is 0.225 e. The smallest absolute Gasteiger partial charge is 0.225 e. The summed E-state index contributed by atoms with van der Waals surface area (Å²) >= 11 is 0. The summed E-state index contributed by atoms with van der Waals surface area (Å²) in [5, 5.41) is 3.61. The molecule has 2 heterocycles. The highest BCUT2D eigenvalue weighted by molar-refractivity contribution is 5.80. The van der Waals surface area contributed by atoms with E-state index >= 15 is 0 Å². The summed E-state index contributed by atoms with van der Waals surface area (Å²) in [6, 6.07) is 1.86. The van der Waals surface area contributed by atoms with Crippen LogP contribution in [0.15, 0.2) is 23.5 Å². The molecule has 1 aliphatic heterocycles. The van der Waals surface area contributed by atoms with Gasteiger partial charge in [0.05, 0.1) is 0 Å². The molecule has 0 bridgehead atoms. The number of piperazine rings is 1. The number of aromatic nitrogens is 2. The molecule has 2 atom stereocenters. The zero-order chi connectivity index (χ0) is 16.8. The lowest BCUT2D eigenvalue weighted by atomic mass is 9.82. The Bertz CT molecular complexity index is 524. The first-order valence-corrected chi connectivity index (χ1v) is 9.24. The first-order chi connectivity index (χ1) is 11.8. The van der Waals surface area contributed by atoms with Crippen molar-refractivity contribution in [3.8, 4) is 0 Å². The summed E-state index contributed by atoms with van der Waals surface area (Å²) in [5.41, 5.74) is 0. The van der Waals surface area contributed by atoms with Crippen molar-refractivity contribution in [3.63, 3.8) is 0 Å². The number of rotatable bonds is 3. The maximum atomic E-state index is 4.49. The molecule has 1 saturated heterocycles. The molecule has 1 N–H and O–H groups in total. The van der Waals surface area contributed by atoms with Crippen LogP contribution in [0, 0.1) is 11.8 Å². The van der Waals surface area contributed by atoms with Crippen LogP contribution in [0.5, 0.6) is 0 Å². The van der Waals surface area contributed by atoms with Crippen molar-refractivity contribution in [1.82, 2.24) is 20.2 Å². The molecule has 1 aromatic heterocycles. The molecule has 3 rings (SSSR count). The van der Waals surface area contributed by atoms with E-state index in [1.54, 1.807) is 12.4 Å². The lowest BCUT2D eigenvalue weighted by Gasteiger charge is -2.37. The van der Waals surface area contributed by atoms with Gasteiger partial charge in [-0.1, -0.05) is 19.8 Å². The molecule has 6 nitrogen and oxygen atoms in total. The average Bonchev–Trinajstić information content (AvgIpc) is 2.64. The Labute approximate surface area is 145 Å². The minimum atomic E-state index is 0.796. The monoisotopic (exact) mass is 330 g/mol. The molecule has 0 spiro atoms. The molecule has 0 aromatic carbocycles. The fraction of sp³-hybridized carbons (Fsp3) is 0.722. The molecular weight excluding hydrogens is 300 g/mol. The van der Waals surface area contributed by atoms with Crippen molar-refractivity contribution < 1.29 is 0 Å². The van der Waals surface area contributed by atoms with E-state index in [0.29, 0.717) is 0 Å². The van der Waals surface area contributed by atoms with E-state index in [9.17, 15) is 0 Å². The second-order valence-corrected chi connectivity index (χ2v) is 7.09. The van der Waals surface area contributed by atoms with Gasteiger partial charge in [0.1, 0.15) is 0 Å². The minimum Gasteiger partial charge on any atom is -0.356 e. The van der Waals surface area contributed by atoms with E-state index in [1.807, 2.05) is 13.1 Å². The van der Waals surface area contributed by atoms with E-state index in [0.717, 1.165) is 56.5 Å². The quantitative estimate of drug-likeness (QED) is 0.678. The largest absolute Gasteiger partial charge is 0.356 e. The molecule has 24 heavy (non-hydrogen) atoms. The van der Waals surface area contributed by atoms with Crippen LogP contribution in [0.3, 0.4) is 0 Å². The molecule has 6 heteroatoms. The summed E-state index contributed by atoms with van der Waals surface area (Å²) < 4.78 is 0. The highest BCUT2D eigenvalue weighted by Crippen LogP contribution is 2.27. The number of guanidine groups is 1. The normalized spacial score (nSPS) is 25.7. The van der Waals surface area contributed by atoms with Gasteiger partial charge < -0.3 is 15.1 Å². The zero-order valence-corrected chi connectivity index (χ0v) is 15.0. The van der Waals surface area contributed by atoms with Crippen LogP contribution in [0.25, 0.3) is 0 Å². The van der Waals surface area contributed by atoms with E-state index < -0.39 is 0 Å². The lowest BCUT2D eigenvalue weighted by molar-refractivity contribution is 0.278. The number of nitrogens with one attached hydrogen (secondary N) is 1. The number of hydrogen-bond acceptors (Lipinski definition) is 4. The molecule has 1 aromatic rings. The first-order valence-electron chi connectivity index (χ1n) is 9.24. The topological polar surface area (TPSA) is 56.7 Å². The van der Waals surface area contributed by atoms with Gasteiger partial charge in [0, 0.05) is 52.2 Å². The third-order valence-electron chi connectivity index (χ3n) is 5.22. The van der Waals surface area contributed by atoms with Gasteiger partial charge in [-0.15, -0.1) is 0 Å². The van der Waals surface area contributed by atoms with Crippen molar-refractivity contribution in [2.45, 2.75) is 32.6 Å². The Morgan fingerprint density at radius 1 is 1.21 bits per heavy atom. The Morgan fingerprint density at radius 2 is 1.96 bits per heavy atom. The van der Waals surface area contributed by atoms with Gasteiger partial charge in [-0.25, -0.2) is 9.97 Å². The summed E-state index contributed by atoms with van der Waals surface area (Å²) in [6.07, 6.45) is 9.09. The van der Waals surface area contributed by atoms with Gasteiger partial charge >= 0.3 is 0 Å². The van der Waals surface area contributed by atoms with Crippen LogP contribution in [-0.4, -0.2) is 60.6 Å². The third kappa shape index (κ3) is 4.36. The van der Waals surface area contributed by atoms with Crippen LogP contribution >= 0.6 is 0 Å². The van der Waals surface area contributed by atoms with Gasteiger partial charge in [-0.3, -0.25) is 4.99 Å². The molecular formula is C18H30N6. The summed E-state index contributed by atoms with van der Waals surface area (Å²) in [5.74, 6) is 3.55. The highest BCUT2D eigenvalue weighted by Gasteiger charge is 2.23. The third-order valence-corrected chi connectivity index (χ3v) is 5.22. The average molecular weight is 330 g/mol. The lowest BCUT2D eigenvalue weighted by Crippen LogP contribution is -2.53. The predicted molar refractivity (Wildman–Crippen MR) is 98.3 cm³/mol. The second kappa shape index (κ2) is 8.31.